The smallest absolute Gasteiger partial charge is 0.174 e. The largest absolute Gasteiger partial charge is 0.486 e. The Hall–Kier alpha value is -0.790. The van der Waals surface area contributed by atoms with Gasteiger partial charge in [-0.05, 0) is 17.7 Å². The van der Waals surface area contributed by atoms with Crippen LogP contribution in [0.1, 0.15) is 5.56 Å². The topological polar surface area (TPSA) is 44.2 Å². The second-order valence-corrected chi connectivity index (χ2v) is 6.49. The second-order valence-electron chi connectivity index (χ2n) is 3.58. The van der Waals surface area contributed by atoms with E-state index in [4.69, 9.17) is 9.47 Å². The summed E-state index contributed by atoms with van der Waals surface area (Å²) in [5.41, 5.74) is 2.90. The van der Waals surface area contributed by atoms with Gasteiger partial charge < -0.3 is 9.47 Å². The molecule has 0 bridgehead atoms. The van der Waals surface area contributed by atoms with Crippen molar-refractivity contribution in [2.24, 2.45) is 0 Å². The van der Waals surface area contributed by atoms with Crippen LogP contribution in [0, 0.1) is 0 Å². The van der Waals surface area contributed by atoms with Gasteiger partial charge in [0.05, 0.1) is 0 Å². The standard InChI is InChI=1S/C11H9BrN2O2S2/c12-8-4-10-9(15-1-2-16-10)3-7(8)5-17-11-14-13-6-18-11/h3-4,6H,1-2,5H2. The van der Waals surface area contributed by atoms with Crippen LogP contribution in [-0.4, -0.2) is 23.4 Å². The molecule has 94 valence electrons. The molecule has 0 spiro atoms. The lowest BCUT2D eigenvalue weighted by Gasteiger charge is -2.19. The monoisotopic (exact) mass is 344 g/mol. The fraction of sp³-hybridized carbons (Fsp3) is 0.273. The van der Waals surface area contributed by atoms with Crippen molar-refractivity contribution in [2.75, 3.05) is 13.2 Å². The highest BCUT2D eigenvalue weighted by molar-refractivity contribution is 9.10. The first kappa shape index (κ1) is 12.3. The molecule has 18 heavy (non-hydrogen) atoms. The van der Waals surface area contributed by atoms with E-state index < -0.39 is 0 Å². The number of thioether (sulfide) groups is 1. The Labute approximate surface area is 121 Å². The Morgan fingerprint density at radius 2 is 2.06 bits per heavy atom. The number of nitrogens with zero attached hydrogens (tertiary/aromatic N) is 2. The fourth-order valence-corrected chi connectivity index (χ4v) is 3.71. The van der Waals surface area contributed by atoms with Gasteiger partial charge in [0.2, 0.25) is 0 Å². The first-order valence-electron chi connectivity index (χ1n) is 5.30. The average molecular weight is 345 g/mol. The first-order valence-corrected chi connectivity index (χ1v) is 7.96. The zero-order valence-electron chi connectivity index (χ0n) is 9.26. The van der Waals surface area contributed by atoms with Crippen molar-refractivity contribution in [2.45, 2.75) is 10.1 Å². The molecule has 2 aromatic rings. The van der Waals surface area contributed by atoms with Gasteiger partial charge >= 0.3 is 0 Å². The number of rotatable bonds is 3. The van der Waals surface area contributed by atoms with E-state index in [1.54, 1.807) is 28.6 Å². The third kappa shape index (κ3) is 2.62. The van der Waals surface area contributed by atoms with Crippen LogP contribution in [-0.2, 0) is 5.75 Å². The van der Waals surface area contributed by atoms with E-state index in [1.165, 1.54) is 5.56 Å². The van der Waals surface area contributed by atoms with Gasteiger partial charge in [0.1, 0.15) is 18.7 Å². The van der Waals surface area contributed by atoms with Crippen LogP contribution in [0.3, 0.4) is 0 Å². The Morgan fingerprint density at radius 3 is 2.78 bits per heavy atom. The Bertz CT molecular complexity index is 548. The van der Waals surface area contributed by atoms with E-state index in [-0.39, 0.29) is 0 Å². The van der Waals surface area contributed by atoms with Crippen molar-refractivity contribution in [1.82, 2.24) is 10.2 Å². The zero-order chi connectivity index (χ0) is 12.4. The maximum absolute atomic E-state index is 5.58. The molecule has 0 radical (unpaired) electrons. The van der Waals surface area contributed by atoms with E-state index in [9.17, 15) is 0 Å². The fourth-order valence-electron chi connectivity index (χ4n) is 1.58. The summed E-state index contributed by atoms with van der Waals surface area (Å²) in [6, 6.07) is 3.98. The molecule has 7 heteroatoms. The van der Waals surface area contributed by atoms with Gasteiger partial charge in [0.25, 0.3) is 0 Å². The van der Waals surface area contributed by atoms with Gasteiger partial charge in [-0.25, -0.2) is 0 Å². The van der Waals surface area contributed by atoms with Crippen LogP contribution in [0.15, 0.2) is 26.5 Å². The number of hydrogen-bond donors (Lipinski definition) is 0. The lowest BCUT2D eigenvalue weighted by Crippen LogP contribution is -2.15. The lowest BCUT2D eigenvalue weighted by atomic mass is 10.2. The van der Waals surface area contributed by atoms with E-state index >= 15 is 0 Å². The summed E-state index contributed by atoms with van der Waals surface area (Å²) >= 11 is 6.77. The van der Waals surface area contributed by atoms with Gasteiger partial charge in [-0.2, -0.15) is 0 Å². The minimum Gasteiger partial charge on any atom is -0.486 e. The number of fused-ring (bicyclic) bond motifs is 1. The van der Waals surface area contributed by atoms with Crippen LogP contribution >= 0.6 is 39.0 Å². The average Bonchev–Trinajstić information content (AvgIpc) is 2.89. The molecule has 0 saturated carbocycles. The number of hydrogen-bond acceptors (Lipinski definition) is 6. The molecule has 0 saturated heterocycles. The van der Waals surface area contributed by atoms with Crippen LogP contribution in [0.2, 0.25) is 0 Å². The summed E-state index contributed by atoms with van der Waals surface area (Å²) in [5.74, 6) is 2.45. The van der Waals surface area contributed by atoms with Crippen molar-refractivity contribution >= 4 is 39.0 Å². The third-order valence-electron chi connectivity index (χ3n) is 2.40. The molecule has 0 atom stereocenters. The number of halogens is 1. The maximum atomic E-state index is 5.58. The SMILES string of the molecule is Brc1cc2c(cc1CSc1nncs1)OCCO2. The van der Waals surface area contributed by atoms with E-state index in [0.29, 0.717) is 13.2 Å². The Morgan fingerprint density at radius 1 is 1.28 bits per heavy atom. The minimum absolute atomic E-state index is 0.609. The molecule has 0 unspecified atom stereocenters. The van der Waals surface area contributed by atoms with Crippen molar-refractivity contribution in [3.05, 3.63) is 27.7 Å². The quantitative estimate of drug-likeness (QED) is 0.798. The molecule has 4 nitrogen and oxygen atoms in total. The van der Waals surface area contributed by atoms with E-state index in [1.807, 2.05) is 12.1 Å². The molecule has 1 aromatic carbocycles. The summed E-state index contributed by atoms with van der Waals surface area (Å²) in [4.78, 5) is 0. The van der Waals surface area contributed by atoms with Crippen molar-refractivity contribution in [1.29, 1.82) is 0 Å². The van der Waals surface area contributed by atoms with Gasteiger partial charge in [-0.3, -0.25) is 0 Å². The number of benzene rings is 1. The Kier molecular flexibility index (Phi) is 3.72. The van der Waals surface area contributed by atoms with Gasteiger partial charge in [-0.15, -0.1) is 10.2 Å². The molecule has 1 aliphatic heterocycles. The molecule has 3 rings (SSSR count). The van der Waals surface area contributed by atoms with Crippen molar-refractivity contribution < 1.29 is 9.47 Å². The van der Waals surface area contributed by atoms with Crippen LogP contribution < -0.4 is 9.47 Å². The van der Waals surface area contributed by atoms with E-state index in [2.05, 4.69) is 26.1 Å². The van der Waals surface area contributed by atoms with Gasteiger partial charge in [0, 0.05) is 10.2 Å². The predicted octanol–water partition coefficient (Wildman–Crippen LogP) is 3.36. The molecule has 0 N–H and O–H groups in total. The molecule has 0 amide bonds. The highest BCUT2D eigenvalue weighted by atomic mass is 79.9. The molecular weight excluding hydrogens is 336 g/mol. The van der Waals surface area contributed by atoms with Gasteiger partial charge in [0.15, 0.2) is 15.8 Å². The molecular formula is C11H9BrN2O2S2. The summed E-state index contributed by atoms with van der Waals surface area (Å²) < 4.78 is 13.1. The maximum Gasteiger partial charge on any atom is 0.174 e. The molecule has 2 heterocycles. The summed E-state index contributed by atoms with van der Waals surface area (Å²) in [7, 11) is 0. The highest BCUT2D eigenvalue weighted by Crippen LogP contribution is 2.37. The van der Waals surface area contributed by atoms with Crippen molar-refractivity contribution in [3.63, 3.8) is 0 Å². The van der Waals surface area contributed by atoms with Crippen LogP contribution in [0.4, 0.5) is 0 Å². The van der Waals surface area contributed by atoms with E-state index in [0.717, 1.165) is 26.1 Å². The first-order chi connectivity index (χ1) is 8.83. The molecule has 1 aromatic heterocycles. The molecule has 0 aliphatic carbocycles. The molecule has 1 aliphatic rings. The lowest BCUT2D eigenvalue weighted by molar-refractivity contribution is 0.171. The number of ether oxygens (including phenoxy) is 2. The van der Waals surface area contributed by atoms with Gasteiger partial charge in [-0.1, -0.05) is 39.0 Å². The highest BCUT2D eigenvalue weighted by Gasteiger charge is 2.15. The van der Waals surface area contributed by atoms with Crippen molar-refractivity contribution in [3.8, 4) is 11.5 Å². The summed E-state index contributed by atoms with van der Waals surface area (Å²) in [6.45, 7) is 1.22. The second kappa shape index (κ2) is 5.46. The summed E-state index contributed by atoms with van der Waals surface area (Å²) in [6.07, 6.45) is 0. The molecule has 0 fully saturated rings. The van der Waals surface area contributed by atoms with Crippen LogP contribution in [0.25, 0.3) is 0 Å². The van der Waals surface area contributed by atoms with Crippen LogP contribution in [0.5, 0.6) is 11.5 Å². The number of aromatic nitrogens is 2. The minimum atomic E-state index is 0.609. The normalized spacial score (nSPS) is 13.6. The Balaban J connectivity index is 1.79. The summed E-state index contributed by atoms with van der Waals surface area (Å²) in [5, 5.41) is 7.83. The predicted molar refractivity (Wildman–Crippen MR) is 74.6 cm³/mol. The third-order valence-corrected chi connectivity index (χ3v) is 5.05. The zero-order valence-corrected chi connectivity index (χ0v) is 12.5.